The summed E-state index contributed by atoms with van der Waals surface area (Å²) < 4.78 is 21.9. The van der Waals surface area contributed by atoms with Crippen LogP contribution in [0.2, 0.25) is 0 Å². The third-order valence-electron chi connectivity index (χ3n) is 3.48. The number of carbonyl (C=O) groups excluding carboxylic acids is 1. The number of piperazine rings is 1. The summed E-state index contributed by atoms with van der Waals surface area (Å²) in [6, 6.07) is 0. The predicted octanol–water partition coefficient (Wildman–Crippen LogP) is -0.760. The Bertz CT molecular complexity index is 466. The SMILES string of the molecule is CC(C)(C(=O)N1CCN(CC(N)=S)CC1)S(C)(=O)=O. The van der Waals surface area contributed by atoms with Gasteiger partial charge in [-0.05, 0) is 13.8 Å². The number of hydrogen-bond donors (Lipinski definition) is 1. The van der Waals surface area contributed by atoms with E-state index >= 15 is 0 Å². The molecule has 1 heterocycles. The van der Waals surface area contributed by atoms with Gasteiger partial charge in [0.15, 0.2) is 9.84 Å². The lowest BCUT2D eigenvalue weighted by molar-refractivity contribution is -0.134. The highest BCUT2D eigenvalue weighted by molar-refractivity contribution is 7.92. The Kier molecular flexibility index (Phi) is 4.91. The number of nitrogens with zero attached hydrogens (tertiary/aromatic N) is 2. The molecule has 0 aromatic heterocycles. The molecule has 0 atom stereocenters. The standard InChI is InChI=1S/C11H21N3O3S2/c1-11(2,19(3,16)17)10(15)14-6-4-13(5-7-14)8-9(12)18/h4-8H2,1-3H3,(H2,12,18). The van der Waals surface area contributed by atoms with Crippen LogP contribution in [0.25, 0.3) is 0 Å². The van der Waals surface area contributed by atoms with E-state index < -0.39 is 14.6 Å². The zero-order valence-corrected chi connectivity index (χ0v) is 13.2. The predicted molar refractivity (Wildman–Crippen MR) is 78.7 cm³/mol. The van der Waals surface area contributed by atoms with E-state index in [0.29, 0.717) is 37.7 Å². The number of sulfone groups is 1. The monoisotopic (exact) mass is 307 g/mol. The molecule has 0 unspecified atom stereocenters. The fourth-order valence-corrected chi connectivity index (χ4v) is 2.50. The number of carbonyl (C=O) groups is 1. The van der Waals surface area contributed by atoms with E-state index in [9.17, 15) is 13.2 Å². The van der Waals surface area contributed by atoms with Gasteiger partial charge in [0.1, 0.15) is 4.75 Å². The van der Waals surface area contributed by atoms with Crippen LogP contribution in [-0.2, 0) is 14.6 Å². The van der Waals surface area contributed by atoms with Crippen molar-refractivity contribution in [2.24, 2.45) is 5.73 Å². The number of amides is 1. The minimum absolute atomic E-state index is 0.343. The molecule has 19 heavy (non-hydrogen) atoms. The average Bonchev–Trinajstić information content (AvgIpc) is 2.26. The van der Waals surface area contributed by atoms with Crippen LogP contribution in [0.3, 0.4) is 0 Å². The second-order valence-electron chi connectivity index (χ2n) is 5.32. The molecule has 0 bridgehead atoms. The summed E-state index contributed by atoms with van der Waals surface area (Å²) in [5, 5.41) is 0. The summed E-state index contributed by atoms with van der Waals surface area (Å²) in [6.45, 7) is 5.75. The molecule has 0 aromatic carbocycles. The molecule has 0 radical (unpaired) electrons. The van der Waals surface area contributed by atoms with Gasteiger partial charge in [-0.15, -0.1) is 0 Å². The minimum Gasteiger partial charge on any atom is -0.392 e. The van der Waals surface area contributed by atoms with Gasteiger partial charge in [-0.1, -0.05) is 12.2 Å². The molecule has 110 valence electrons. The number of rotatable bonds is 4. The first-order chi connectivity index (χ1) is 8.55. The zero-order chi connectivity index (χ0) is 14.8. The summed E-state index contributed by atoms with van der Waals surface area (Å²) in [7, 11) is -3.43. The summed E-state index contributed by atoms with van der Waals surface area (Å²) in [5.74, 6) is -0.343. The molecule has 1 aliphatic rings. The highest BCUT2D eigenvalue weighted by Gasteiger charge is 2.41. The van der Waals surface area contributed by atoms with Crippen molar-refractivity contribution in [1.29, 1.82) is 0 Å². The Labute approximate surface area is 119 Å². The van der Waals surface area contributed by atoms with Gasteiger partial charge < -0.3 is 10.6 Å². The van der Waals surface area contributed by atoms with Gasteiger partial charge in [0.05, 0.1) is 4.99 Å². The van der Waals surface area contributed by atoms with Crippen molar-refractivity contribution in [2.45, 2.75) is 18.6 Å². The van der Waals surface area contributed by atoms with Crippen molar-refractivity contribution in [1.82, 2.24) is 9.80 Å². The molecule has 0 saturated carbocycles. The summed E-state index contributed by atoms with van der Waals surface area (Å²) in [5.41, 5.74) is 5.47. The lowest BCUT2D eigenvalue weighted by Crippen LogP contribution is -2.56. The van der Waals surface area contributed by atoms with Gasteiger partial charge in [0.25, 0.3) is 0 Å². The first-order valence-corrected chi connectivity index (χ1v) is 8.35. The largest absolute Gasteiger partial charge is 0.392 e. The zero-order valence-electron chi connectivity index (χ0n) is 11.5. The van der Waals surface area contributed by atoms with Gasteiger partial charge in [-0.3, -0.25) is 9.69 Å². The lowest BCUT2D eigenvalue weighted by atomic mass is 10.1. The molecule has 1 aliphatic heterocycles. The van der Waals surface area contributed by atoms with E-state index in [4.69, 9.17) is 18.0 Å². The molecule has 1 rings (SSSR count). The van der Waals surface area contributed by atoms with Crippen molar-refractivity contribution in [3.05, 3.63) is 0 Å². The minimum atomic E-state index is -3.43. The van der Waals surface area contributed by atoms with E-state index in [1.54, 1.807) is 4.90 Å². The molecule has 6 nitrogen and oxygen atoms in total. The van der Waals surface area contributed by atoms with Gasteiger partial charge in [-0.2, -0.15) is 0 Å². The van der Waals surface area contributed by atoms with Gasteiger partial charge in [0.2, 0.25) is 5.91 Å². The maximum absolute atomic E-state index is 12.3. The van der Waals surface area contributed by atoms with Crippen LogP contribution in [0, 0.1) is 0 Å². The van der Waals surface area contributed by atoms with Crippen LogP contribution in [0.1, 0.15) is 13.8 Å². The molecule has 2 N–H and O–H groups in total. The molecule has 1 fully saturated rings. The van der Waals surface area contributed by atoms with Crippen LogP contribution in [0.15, 0.2) is 0 Å². The molecule has 1 amide bonds. The molecular formula is C11H21N3O3S2. The van der Waals surface area contributed by atoms with Gasteiger partial charge in [-0.25, -0.2) is 8.42 Å². The van der Waals surface area contributed by atoms with Gasteiger partial charge in [0, 0.05) is 39.0 Å². The van der Waals surface area contributed by atoms with E-state index in [-0.39, 0.29) is 5.91 Å². The highest BCUT2D eigenvalue weighted by atomic mass is 32.2. The summed E-state index contributed by atoms with van der Waals surface area (Å²) in [6.07, 6.45) is 1.09. The Morgan fingerprint density at radius 3 is 2.11 bits per heavy atom. The third kappa shape index (κ3) is 3.87. The van der Waals surface area contributed by atoms with Crippen LogP contribution in [0.4, 0.5) is 0 Å². The van der Waals surface area contributed by atoms with E-state index in [1.165, 1.54) is 13.8 Å². The van der Waals surface area contributed by atoms with Crippen molar-refractivity contribution in [3.63, 3.8) is 0 Å². The lowest BCUT2D eigenvalue weighted by Gasteiger charge is -2.37. The summed E-state index contributed by atoms with van der Waals surface area (Å²) >= 11 is 4.84. The highest BCUT2D eigenvalue weighted by Crippen LogP contribution is 2.19. The Morgan fingerprint density at radius 1 is 1.26 bits per heavy atom. The van der Waals surface area contributed by atoms with Crippen molar-refractivity contribution in [3.8, 4) is 0 Å². The molecular weight excluding hydrogens is 286 g/mol. The van der Waals surface area contributed by atoms with Crippen LogP contribution in [-0.4, -0.2) is 72.8 Å². The van der Waals surface area contributed by atoms with E-state index in [1.807, 2.05) is 0 Å². The second-order valence-corrected chi connectivity index (χ2v) is 8.41. The van der Waals surface area contributed by atoms with E-state index in [2.05, 4.69) is 4.90 Å². The summed E-state index contributed by atoms with van der Waals surface area (Å²) in [4.78, 5) is 16.3. The number of hydrogen-bond acceptors (Lipinski definition) is 5. The fourth-order valence-electron chi connectivity index (χ4n) is 1.87. The molecule has 0 spiro atoms. The Hall–Kier alpha value is -0.730. The molecule has 0 aromatic rings. The quantitative estimate of drug-likeness (QED) is 0.687. The fraction of sp³-hybridized carbons (Fsp3) is 0.818. The first kappa shape index (κ1) is 16.3. The third-order valence-corrected chi connectivity index (χ3v) is 5.64. The Balaban J connectivity index is 2.66. The number of nitrogens with two attached hydrogens (primary N) is 1. The topological polar surface area (TPSA) is 83.7 Å². The van der Waals surface area contributed by atoms with Crippen LogP contribution >= 0.6 is 12.2 Å². The average molecular weight is 307 g/mol. The van der Waals surface area contributed by atoms with Gasteiger partial charge >= 0.3 is 0 Å². The molecule has 1 saturated heterocycles. The van der Waals surface area contributed by atoms with Crippen molar-refractivity contribution in [2.75, 3.05) is 39.0 Å². The smallest absolute Gasteiger partial charge is 0.243 e. The van der Waals surface area contributed by atoms with Crippen LogP contribution < -0.4 is 5.73 Å². The number of thiocarbonyl (C=S) groups is 1. The van der Waals surface area contributed by atoms with Crippen LogP contribution in [0.5, 0.6) is 0 Å². The maximum atomic E-state index is 12.3. The van der Waals surface area contributed by atoms with Crippen molar-refractivity contribution >= 4 is 33.0 Å². The molecule has 0 aliphatic carbocycles. The van der Waals surface area contributed by atoms with E-state index in [0.717, 1.165) is 6.26 Å². The Morgan fingerprint density at radius 2 is 1.74 bits per heavy atom. The molecule has 8 heteroatoms. The maximum Gasteiger partial charge on any atom is 0.243 e. The first-order valence-electron chi connectivity index (χ1n) is 6.05. The van der Waals surface area contributed by atoms with Crippen molar-refractivity contribution < 1.29 is 13.2 Å². The normalized spacial score (nSPS) is 18.4. The second kappa shape index (κ2) is 5.72.